The van der Waals surface area contributed by atoms with Gasteiger partial charge >= 0.3 is 0 Å². The normalized spacial score (nSPS) is 11.8. The van der Waals surface area contributed by atoms with Crippen LogP contribution in [-0.4, -0.2) is 24.5 Å². The van der Waals surface area contributed by atoms with E-state index in [9.17, 15) is 0 Å². The minimum atomic E-state index is 0.798. The zero-order valence-electron chi connectivity index (χ0n) is 14.7. The van der Waals surface area contributed by atoms with Crippen LogP contribution in [0, 0.1) is 12.8 Å². The van der Waals surface area contributed by atoms with E-state index in [1.807, 2.05) is 0 Å². The molecule has 3 heteroatoms. The lowest BCUT2D eigenvalue weighted by atomic mass is 10.0. The summed E-state index contributed by atoms with van der Waals surface area (Å²) in [5.41, 5.74) is 1.27. The molecule has 0 atom stereocenters. The Balaban J connectivity index is 2.57. The van der Waals surface area contributed by atoms with Crippen molar-refractivity contribution >= 4 is 0 Å². The molecule has 0 radical (unpaired) electrons. The van der Waals surface area contributed by atoms with Crippen molar-refractivity contribution in [2.24, 2.45) is 5.92 Å². The molecule has 0 aliphatic heterocycles. The molecule has 0 saturated heterocycles. The monoisotopic (exact) mass is 294 g/mol. The van der Waals surface area contributed by atoms with E-state index in [0.29, 0.717) is 0 Å². The second-order valence-electron chi connectivity index (χ2n) is 6.01. The summed E-state index contributed by atoms with van der Waals surface area (Å²) in [6.07, 6.45) is 3.68. The molecule has 1 aromatic rings. The Labute approximate surface area is 131 Å². The number of aryl methyl sites for hydroxylation is 1. The summed E-state index contributed by atoms with van der Waals surface area (Å²) in [6.45, 7) is 16.2. The van der Waals surface area contributed by atoms with Crippen molar-refractivity contribution in [2.75, 3.05) is 19.6 Å². The minimum Gasteiger partial charge on any atom is -0.463 e. The van der Waals surface area contributed by atoms with Gasteiger partial charge in [0, 0.05) is 6.54 Å². The maximum Gasteiger partial charge on any atom is 0.120 e. The first-order chi connectivity index (χ1) is 10.1. The van der Waals surface area contributed by atoms with Crippen molar-refractivity contribution in [1.82, 2.24) is 10.2 Å². The summed E-state index contributed by atoms with van der Waals surface area (Å²) in [5, 5.41) is 3.42. The van der Waals surface area contributed by atoms with Gasteiger partial charge in [-0.2, -0.15) is 0 Å². The van der Waals surface area contributed by atoms with E-state index in [0.717, 1.165) is 50.0 Å². The number of nitrogens with zero attached hydrogens (tertiary/aromatic N) is 1. The molecule has 0 aliphatic rings. The maximum atomic E-state index is 6.04. The number of hydrogen-bond acceptors (Lipinski definition) is 3. The van der Waals surface area contributed by atoms with Gasteiger partial charge in [-0.15, -0.1) is 0 Å². The van der Waals surface area contributed by atoms with Crippen molar-refractivity contribution in [3.05, 3.63) is 23.2 Å². The Kier molecular flexibility index (Phi) is 8.70. The molecule has 1 rings (SSSR count). The number of nitrogens with one attached hydrogen (secondary N) is 1. The van der Waals surface area contributed by atoms with Crippen LogP contribution in [0.5, 0.6) is 0 Å². The van der Waals surface area contributed by atoms with Crippen LogP contribution in [0.15, 0.2) is 10.5 Å². The summed E-state index contributed by atoms with van der Waals surface area (Å²) in [6, 6.07) is 2.21. The Hall–Kier alpha value is -0.800. The van der Waals surface area contributed by atoms with E-state index in [1.54, 1.807) is 0 Å². The Morgan fingerprint density at radius 1 is 1.19 bits per heavy atom. The smallest absolute Gasteiger partial charge is 0.120 e. The van der Waals surface area contributed by atoms with Crippen molar-refractivity contribution in [3.8, 4) is 0 Å². The third-order valence-corrected chi connectivity index (χ3v) is 4.28. The topological polar surface area (TPSA) is 28.4 Å². The van der Waals surface area contributed by atoms with Gasteiger partial charge in [0.1, 0.15) is 11.5 Å². The molecule has 0 saturated carbocycles. The second-order valence-corrected chi connectivity index (χ2v) is 6.01. The average Bonchev–Trinajstić information content (AvgIpc) is 2.83. The van der Waals surface area contributed by atoms with Gasteiger partial charge in [-0.25, -0.2) is 0 Å². The zero-order valence-corrected chi connectivity index (χ0v) is 14.7. The van der Waals surface area contributed by atoms with Crippen LogP contribution in [-0.2, 0) is 13.1 Å². The third kappa shape index (κ3) is 6.23. The molecule has 0 aliphatic carbocycles. The lowest BCUT2D eigenvalue weighted by molar-refractivity contribution is 0.209. The standard InChI is InChI=1S/C18H34N2O/c1-6-10-19-12-18-15(5)11-17(21-18)14-20(9-4)13-16(7-2)8-3/h11,16,19H,6-10,12-14H2,1-5H3. The Morgan fingerprint density at radius 2 is 1.90 bits per heavy atom. The molecule has 21 heavy (non-hydrogen) atoms. The molecular formula is C18H34N2O. The zero-order chi connectivity index (χ0) is 15.7. The van der Waals surface area contributed by atoms with E-state index in [1.165, 1.54) is 24.9 Å². The van der Waals surface area contributed by atoms with Crippen LogP contribution in [0.25, 0.3) is 0 Å². The highest BCUT2D eigenvalue weighted by Crippen LogP contribution is 2.18. The largest absolute Gasteiger partial charge is 0.463 e. The molecule has 122 valence electrons. The fraction of sp³-hybridized carbons (Fsp3) is 0.778. The number of furan rings is 1. The highest BCUT2D eigenvalue weighted by molar-refractivity contribution is 5.20. The molecule has 0 fully saturated rings. The molecule has 0 bridgehead atoms. The van der Waals surface area contributed by atoms with E-state index >= 15 is 0 Å². The van der Waals surface area contributed by atoms with Crippen molar-refractivity contribution in [3.63, 3.8) is 0 Å². The van der Waals surface area contributed by atoms with Gasteiger partial charge in [-0.05, 0) is 44.0 Å². The lowest BCUT2D eigenvalue weighted by Gasteiger charge is -2.24. The minimum absolute atomic E-state index is 0.798. The molecule has 0 spiro atoms. The Bertz CT molecular complexity index is 383. The van der Waals surface area contributed by atoms with E-state index in [2.05, 4.69) is 50.9 Å². The predicted octanol–water partition coefficient (Wildman–Crippen LogP) is 4.35. The average molecular weight is 294 g/mol. The molecule has 0 aromatic carbocycles. The lowest BCUT2D eigenvalue weighted by Crippen LogP contribution is -2.28. The van der Waals surface area contributed by atoms with Gasteiger partial charge in [0.25, 0.3) is 0 Å². The van der Waals surface area contributed by atoms with Crippen molar-refractivity contribution in [1.29, 1.82) is 0 Å². The first-order valence-electron chi connectivity index (χ1n) is 8.65. The quantitative estimate of drug-likeness (QED) is 0.615. The van der Waals surface area contributed by atoms with Gasteiger partial charge in [0.05, 0.1) is 13.1 Å². The number of rotatable bonds is 11. The summed E-state index contributed by atoms with van der Waals surface area (Å²) >= 11 is 0. The van der Waals surface area contributed by atoms with Crippen LogP contribution in [0.4, 0.5) is 0 Å². The number of hydrogen-bond donors (Lipinski definition) is 1. The molecule has 1 heterocycles. The van der Waals surface area contributed by atoms with Crippen molar-refractivity contribution < 1.29 is 4.42 Å². The summed E-state index contributed by atoms with van der Waals surface area (Å²) in [4.78, 5) is 2.50. The van der Waals surface area contributed by atoms with Crippen molar-refractivity contribution in [2.45, 2.75) is 67.0 Å². The fourth-order valence-corrected chi connectivity index (χ4v) is 2.66. The highest BCUT2D eigenvalue weighted by Gasteiger charge is 2.14. The van der Waals surface area contributed by atoms with Gasteiger partial charge in [-0.3, -0.25) is 4.90 Å². The van der Waals surface area contributed by atoms with E-state index < -0.39 is 0 Å². The fourth-order valence-electron chi connectivity index (χ4n) is 2.66. The van der Waals surface area contributed by atoms with Crippen LogP contribution in [0.2, 0.25) is 0 Å². The van der Waals surface area contributed by atoms with Crippen LogP contribution >= 0.6 is 0 Å². The maximum absolute atomic E-state index is 6.04. The van der Waals surface area contributed by atoms with E-state index in [-0.39, 0.29) is 0 Å². The summed E-state index contributed by atoms with van der Waals surface area (Å²) in [5.74, 6) is 3.00. The second kappa shape index (κ2) is 10.0. The molecule has 3 nitrogen and oxygen atoms in total. The summed E-state index contributed by atoms with van der Waals surface area (Å²) < 4.78 is 6.04. The highest BCUT2D eigenvalue weighted by atomic mass is 16.3. The summed E-state index contributed by atoms with van der Waals surface area (Å²) in [7, 11) is 0. The molecular weight excluding hydrogens is 260 g/mol. The predicted molar refractivity (Wildman–Crippen MR) is 90.5 cm³/mol. The Morgan fingerprint density at radius 3 is 2.48 bits per heavy atom. The molecule has 0 amide bonds. The molecule has 1 N–H and O–H groups in total. The SMILES string of the molecule is CCCNCc1oc(CN(CC)CC(CC)CC)cc1C. The van der Waals surface area contributed by atoms with Gasteiger partial charge < -0.3 is 9.73 Å². The van der Waals surface area contributed by atoms with Gasteiger partial charge in [0.15, 0.2) is 0 Å². The van der Waals surface area contributed by atoms with Crippen LogP contribution in [0.1, 0.15) is 64.0 Å². The first kappa shape index (κ1) is 18.2. The van der Waals surface area contributed by atoms with Gasteiger partial charge in [0.2, 0.25) is 0 Å². The van der Waals surface area contributed by atoms with E-state index in [4.69, 9.17) is 4.42 Å². The molecule has 0 unspecified atom stereocenters. The van der Waals surface area contributed by atoms with Crippen LogP contribution in [0.3, 0.4) is 0 Å². The van der Waals surface area contributed by atoms with Crippen LogP contribution < -0.4 is 5.32 Å². The third-order valence-electron chi connectivity index (χ3n) is 4.28. The molecule has 1 aromatic heterocycles. The van der Waals surface area contributed by atoms with Gasteiger partial charge in [-0.1, -0.05) is 40.5 Å². The first-order valence-corrected chi connectivity index (χ1v) is 8.65.